The van der Waals surface area contributed by atoms with E-state index in [4.69, 9.17) is 5.73 Å². The van der Waals surface area contributed by atoms with Crippen LogP contribution in [0.1, 0.15) is 18.4 Å². The SMILES string of the molecule is C=CCCC(N)Cc1c(F)cccc1F. The van der Waals surface area contributed by atoms with E-state index in [9.17, 15) is 8.78 Å². The number of allylic oxidation sites excluding steroid dienone is 1. The van der Waals surface area contributed by atoms with E-state index in [1.165, 1.54) is 18.2 Å². The van der Waals surface area contributed by atoms with Gasteiger partial charge in [0.15, 0.2) is 0 Å². The molecule has 82 valence electrons. The van der Waals surface area contributed by atoms with E-state index in [0.717, 1.165) is 6.42 Å². The maximum absolute atomic E-state index is 13.2. The van der Waals surface area contributed by atoms with Gasteiger partial charge in [-0.2, -0.15) is 0 Å². The van der Waals surface area contributed by atoms with Crippen molar-refractivity contribution in [3.05, 3.63) is 48.1 Å². The lowest BCUT2D eigenvalue weighted by molar-refractivity contribution is 0.525. The maximum Gasteiger partial charge on any atom is 0.129 e. The molecule has 1 atom stereocenters. The third kappa shape index (κ3) is 3.44. The number of benzene rings is 1. The van der Waals surface area contributed by atoms with Crippen molar-refractivity contribution in [2.45, 2.75) is 25.3 Å². The molecule has 0 saturated carbocycles. The highest BCUT2D eigenvalue weighted by molar-refractivity contribution is 5.20. The quantitative estimate of drug-likeness (QED) is 0.744. The predicted molar refractivity (Wildman–Crippen MR) is 57.5 cm³/mol. The standard InChI is InChI=1S/C12H15F2N/c1-2-3-5-9(15)8-10-11(13)6-4-7-12(10)14/h2,4,6-7,9H,1,3,5,8,15H2. The van der Waals surface area contributed by atoms with E-state index < -0.39 is 11.6 Å². The lowest BCUT2D eigenvalue weighted by Gasteiger charge is -2.11. The van der Waals surface area contributed by atoms with Crippen LogP contribution in [0.25, 0.3) is 0 Å². The Kier molecular flexibility index (Phi) is 4.43. The summed E-state index contributed by atoms with van der Waals surface area (Å²) in [6.07, 6.45) is 3.43. The molecule has 1 aromatic rings. The predicted octanol–water partition coefficient (Wildman–Crippen LogP) is 2.80. The van der Waals surface area contributed by atoms with Gasteiger partial charge in [0, 0.05) is 11.6 Å². The molecule has 0 fully saturated rings. The van der Waals surface area contributed by atoms with Gasteiger partial charge >= 0.3 is 0 Å². The fourth-order valence-corrected chi connectivity index (χ4v) is 1.42. The Morgan fingerprint density at radius 3 is 2.47 bits per heavy atom. The minimum absolute atomic E-state index is 0.0778. The van der Waals surface area contributed by atoms with E-state index in [1.807, 2.05) is 0 Å². The molecule has 2 N–H and O–H groups in total. The summed E-state index contributed by atoms with van der Waals surface area (Å²) >= 11 is 0. The molecule has 1 aromatic carbocycles. The molecule has 0 aliphatic rings. The topological polar surface area (TPSA) is 26.0 Å². The Hall–Kier alpha value is -1.22. The van der Waals surface area contributed by atoms with Crippen LogP contribution in [-0.4, -0.2) is 6.04 Å². The van der Waals surface area contributed by atoms with E-state index >= 15 is 0 Å². The van der Waals surface area contributed by atoms with Crippen molar-refractivity contribution in [2.24, 2.45) is 5.73 Å². The highest BCUT2D eigenvalue weighted by atomic mass is 19.1. The van der Waals surface area contributed by atoms with Gasteiger partial charge in [0.25, 0.3) is 0 Å². The van der Waals surface area contributed by atoms with Crippen LogP contribution in [-0.2, 0) is 6.42 Å². The van der Waals surface area contributed by atoms with Crippen LogP contribution in [0.2, 0.25) is 0 Å². The molecule has 1 nitrogen and oxygen atoms in total. The highest BCUT2D eigenvalue weighted by Gasteiger charge is 2.11. The minimum Gasteiger partial charge on any atom is -0.327 e. The van der Waals surface area contributed by atoms with E-state index in [1.54, 1.807) is 6.08 Å². The summed E-state index contributed by atoms with van der Waals surface area (Å²) in [5.41, 5.74) is 5.83. The number of hydrogen-bond acceptors (Lipinski definition) is 1. The van der Waals surface area contributed by atoms with Crippen molar-refractivity contribution in [3.63, 3.8) is 0 Å². The number of halogens is 2. The summed E-state index contributed by atoms with van der Waals surface area (Å²) in [5.74, 6) is -1.05. The normalized spacial score (nSPS) is 12.5. The number of rotatable bonds is 5. The highest BCUT2D eigenvalue weighted by Crippen LogP contribution is 2.15. The van der Waals surface area contributed by atoms with Gasteiger partial charge < -0.3 is 5.73 Å². The van der Waals surface area contributed by atoms with Crippen molar-refractivity contribution >= 4 is 0 Å². The third-order valence-electron chi connectivity index (χ3n) is 2.27. The average molecular weight is 211 g/mol. The summed E-state index contributed by atoms with van der Waals surface area (Å²) in [6.45, 7) is 3.57. The Balaban J connectivity index is 2.67. The monoisotopic (exact) mass is 211 g/mol. The van der Waals surface area contributed by atoms with Crippen molar-refractivity contribution in [1.29, 1.82) is 0 Å². The van der Waals surface area contributed by atoms with Crippen molar-refractivity contribution in [2.75, 3.05) is 0 Å². The molecule has 0 heterocycles. The fourth-order valence-electron chi connectivity index (χ4n) is 1.42. The Bertz CT molecular complexity index is 316. The zero-order chi connectivity index (χ0) is 11.3. The molecule has 0 aliphatic heterocycles. The minimum atomic E-state index is -0.524. The first kappa shape index (κ1) is 11.9. The van der Waals surface area contributed by atoms with Gasteiger partial charge in [-0.25, -0.2) is 8.78 Å². The molecule has 0 bridgehead atoms. The second-order valence-electron chi connectivity index (χ2n) is 3.53. The molecule has 0 aliphatic carbocycles. The Labute approximate surface area is 88.6 Å². The van der Waals surface area contributed by atoms with Crippen molar-refractivity contribution < 1.29 is 8.78 Å². The van der Waals surface area contributed by atoms with Crippen molar-refractivity contribution in [1.82, 2.24) is 0 Å². The third-order valence-corrected chi connectivity index (χ3v) is 2.27. The second kappa shape index (κ2) is 5.61. The van der Waals surface area contributed by atoms with Crippen molar-refractivity contribution in [3.8, 4) is 0 Å². The zero-order valence-electron chi connectivity index (χ0n) is 8.55. The van der Waals surface area contributed by atoms with Crippen LogP contribution in [0, 0.1) is 11.6 Å². The molecule has 3 heteroatoms. The molecule has 0 radical (unpaired) electrons. The van der Waals surface area contributed by atoms with Gasteiger partial charge in [0.1, 0.15) is 11.6 Å². The number of nitrogens with two attached hydrogens (primary N) is 1. The summed E-state index contributed by atoms with van der Waals surface area (Å²) in [5, 5.41) is 0. The van der Waals surface area contributed by atoms with Crippen LogP contribution in [0.15, 0.2) is 30.9 Å². The van der Waals surface area contributed by atoms with Gasteiger partial charge in [0.2, 0.25) is 0 Å². The first-order valence-electron chi connectivity index (χ1n) is 4.94. The summed E-state index contributed by atoms with van der Waals surface area (Å²) < 4.78 is 26.4. The molecule has 0 spiro atoms. The Morgan fingerprint density at radius 2 is 1.93 bits per heavy atom. The van der Waals surface area contributed by atoms with Gasteiger partial charge in [0.05, 0.1) is 0 Å². The lowest BCUT2D eigenvalue weighted by Crippen LogP contribution is -2.23. The molecule has 0 saturated heterocycles. The maximum atomic E-state index is 13.2. The lowest BCUT2D eigenvalue weighted by atomic mass is 10.0. The smallest absolute Gasteiger partial charge is 0.129 e. The zero-order valence-corrected chi connectivity index (χ0v) is 8.55. The molecular weight excluding hydrogens is 196 g/mol. The summed E-state index contributed by atoms with van der Waals surface area (Å²) in [4.78, 5) is 0. The second-order valence-corrected chi connectivity index (χ2v) is 3.53. The average Bonchev–Trinajstić information content (AvgIpc) is 2.21. The molecular formula is C12H15F2N. The van der Waals surface area contributed by atoms with E-state index in [0.29, 0.717) is 6.42 Å². The largest absolute Gasteiger partial charge is 0.327 e. The fraction of sp³-hybridized carbons (Fsp3) is 0.333. The van der Waals surface area contributed by atoms with E-state index in [-0.39, 0.29) is 18.0 Å². The summed E-state index contributed by atoms with van der Waals surface area (Å²) in [6, 6.07) is 3.62. The molecule has 0 amide bonds. The van der Waals surface area contributed by atoms with Crippen LogP contribution in [0.4, 0.5) is 8.78 Å². The van der Waals surface area contributed by atoms with Crippen LogP contribution < -0.4 is 5.73 Å². The first-order valence-corrected chi connectivity index (χ1v) is 4.94. The molecule has 15 heavy (non-hydrogen) atoms. The van der Waals surface area contributed by atoms with Gasteiger partial charge in [-0.1, -0.05) is 12.1 Å². The molecule has 1 rings (SSSR count). The van der Waals surface area contributed by atoms with Gasteiger partial charge in [-0.3, -0.25) is 0 Å². The van der Waals surface area contributed by atoms with E-state index in [2.05, 4.69) is 6.58 Å². The summed E-state index contributed by atoms with van der Waals surface area (Å²) in [7, 11) is 0. The number of hydrogen-bond donors (Lipinski definition) is 1. The van der Waals surface area contributed by atoms with Crippen LogP contribution >= 0.6 is 0 Å². The van der Waals surface area contributed by atoms with Gasteiger partial charge in [-0.05, 0) is 31.4 Å². The van der Waals surface area contributed by atoms with Gasteiger partial charge in [-0.15, -0.1) is 6.58 Å². The Morgan fingerprint density at radius 1 is 1.33 bits per heavy atom. The molecule has 0 aromatic heterocycles. The molecule has 1 unspecified atom stereocenters. The van der Waals surface area contributed by atoms with Crippen LogP contribution in [0.3, 0.4) is 0 Å². The van der Waals surface area contributed by atoms with Crippen LogP contribution in [0.5, 0.6) is 0 Å². The first-order chi connectivity index (χ1) is 7.15.